The number of hydrogen-bond donors (Lipinski definition) is 2. The second-order valence-electron chi connectivity index (χ2n) is 2.93. The molecule has 0 atom stereocenters. The first-order chi connectivity index (χ1) is 6.65. The Balaban J connectivity index is 2.92. The minimum absolute atomic E-state index is 0.0480. The molecule has 1 aromatic rings. The summed E-state index contributed by atoms with van der Waals surface area (Å²) in [7, 11) is 3.49. The van der Waals surface area contributed by atoms with Crippen LogP contribution in [-0.4, -0.2) is 35.2 Å². The van der Waals surface area contributed by atoms with Crippen LogP contribution in [0.4, 0.5) is 11.9 Å². The molecule has 2 N–H and O–H groups in total. The van der Waals surface area contributed by atoms with Gasteiger partial charge in [-0.25, -0.2) is 0 Å². The largest absolute Gasteiger partial charge is 0.461 e. The molecule has 14 heavy (non-hydrogen) atoms. The summed E-state index contributed by atoms with van der Waals surface area (Å²) in [6.07, 6.45) is 0.0480. The quantitative estimate of drug-likeness (QED) is 0.741. The highest BCUT2D eigenvalue weighted by molar-refractivity contribution is 5.34. The van der Waals surface area contributed by atoms with Crippen molar-refractivity contribution in [1.29, 1.82) is 0 Å². The average Bonchev–Trinajstić information content (AvgIpc) is 2.16. The van der Waals surface area contributed by atoms with Crippen molar-refractivity contribution in [1.82, 2.24) is 15.0 Å². The number of aromatic nitrogens is 3. The van der Waals surface area contributed by atoms with Gasteiger partial charge in [0.2, 0.25) is 11.9 Å². The molecule has 0 fully saturated rings. The molecule has 0 aliphatic rings. The van der Waals surface area contributed by atoms with Crippen molar-refractivity contribution < 1.29 is 4.74 Å². The Kier molecular flexibility index (Phi) is 3.44. The van der Waals surface area contributed by atoms with E-state index >= 15 is 0 Å². The van der Waals surface area contributed by atoms with Crippen molar-refractivity contribution >= 4 is 11.9 Å². The fourth-order valence-corrected chi connectivity index (χ4v) is 0.844. The first-order valence-corrected chi connectivity index (χ1v) is 4.44. The molecule has 0 aliphatic carbocycles. The number of ether oxygens (including phenoxy) is 1. The summed E-state index contributed by atoms with van der Waals surface area (Å²) < 4.78 is 5.36. The van der Waals surface area contributed by atoms with Gasteiger partial charge in [0.1, 0.15) is 0 Å². The van der Waals surface area contributed by atoms with Crippen LogP contribution in [-0.2, 0) is 0 Å². The Hall–Kier alpha value is -1.59. The van der Waals surface area contributed by atoms with Crippen molar-refractivity contribution in [2.24, 2.45) is 0 Å². The molecule has 1 rings (SSSR count). The molecule has 0 unspecified atom stereocenters. The fourth-order valence-electron chi connectivity index (χ4n) is 0.844. The van der Waals surface area contributed by atoms with Gasteiger partial charge in [0.25, 0.3) is 0 Å². The van der Waals surface area contributed by atoms with E-state index in [1.165, 1.54) is 0 Å². The van der Waals surface area contributed by atoms with Crippen molar-refractivity contribution in [2.45, 2.75) is 20.0 Å². The highest BCUT2D eigenvalue weighted by atomic mass is 16.5. The summed E-state index contributed by atoms with van der Waals surface area (Å²) in [6.45, 7) is 3.84. The maximum absolute atomic E-state index is 5.36. The lowest BCUT2D eigenvalue weighted by Crippen LogP contribution is -2.11. The normalized spacial score (nSPS) is 10.1. The summed E-state index contributed by atoms with van der Waals surface area (Å²) in [5, 5.41) is 5.67. The predicted octanol–water partition coefficient (Wildman–Crippen LogP) is 0.742. The third kappa shape index (κ3) is 2.72. The monoisotopic (exact) mass is 197 g/mol. The number of rotatable bonds is 4. The van der Waals surface area contributed by atoms with Gasteiger partial charge in [-0.15, -0.1) is 0 Å². The van der Waals surface area contributed by atoms with Crippen LogP contribution >= 0.6 is 0 Å². The lowest BCUT2D eigenvalue weighted by Gasteiger charge is -2.09. The smallest absolute Gasteiger partial charge is 0.323 e. The lowest BCUT2D eigenvalue weighted by molar-refractivity contribution is 0.222. The first kappa shape index (κ1) is 10.5. The maximum Gasteiger partial charge on any atom is 0.323 e. The SMILES string of the molecule is CNc1nc(NC)nc(OC(C)C)n1. The summed E-state index contributed by atoms with van der Waals surface area (Å²) in [5.41, 5.74) is 0. The van der Waals surface area contributed by atoms with E-state index in [2.05, 4.69) is 25.6 Å². The number of anilines is 2. The number of nitrogens with one attached hydrogen (secondary N) is 2. The summed E-state index contributed by atoms with van der Waals surface area (Å²) in [6, 6.07) is 0.323. The van der Waals surface area contributed by atoms with Crippen LogP contribution in [0.25, 0.3) is 0 Å². The van der Waals surface area contributed by atoms with Crippen molar-refractivity contribution in [2.75, 3.05) is 24.7 Å². The Morgan fingerprint density at radius 3 is 1.86 bits per heavy atom. The third-order valence-electron chi connectivity index (χ3n) is 1.40. The average molecular weight is 197 g/mol. The minimum Gasteiger partial charge on any atom is -0.461 e. The zero-order valence-electron chi connectivity index (χ0n) is 8.83. The fraction of sp³-hybridized carbons (Fsp3) is 0.625. The molecule has 0 bridgehead atoms. The molecule has 0 saturated carbocycles. The van der Waals surface area contributed by atoms with E-state index in [0.717, 1.165) is 0 Å². The molecule has 0 radical (unpaired) electrons. The van der Waals surface area contributed by atoms with E-state index in [1.807, 2.05) is 13.8 Å². The predicted molar refractivity (Wildman–Crippen MR) is 54.7 cm³/mol. The zero-order chi connectivity index (χ0) is 10.6. The van der Waals surface area contributed by atoms with Crippen molar-refractivity contribution in [3.05, 3.63) is 0 Å². The molecule has 0 spiro atoms. The molecule has 6 heteroatoms. The van der Waals surface area contributed by atoms with Crippen molar-refractivity contribution in [3.63, 3.8) is 0 Å². The van der Waals surface area contributed by atoms with E-state index in [1.54, 1.807) is 14.1 Å². The Morgan fingerprint density at radius 2 is 1.50 bits per heavy atom. The molecule has 0 amide bonds. The number of nitrogens with zero attached hydrogens (tertiary/aromatic N) is 3. The molecule has 1 heterocycles. The number of hydrogen-bond acceptors (Lipinski definition) is 6. The molecule has 78 valence electrons. The van der Waals surface area contributed by atoms with E-state index in [4.69, 9.17) is 4.74 Å². The van der Waals surface area contributed by atoms with E-state index in [0.29, 0.717) is 17.9 Å². The molecule has 0 aromatic carbocycles. The van der Waals surface area contributed by atoms with Crippen LogP contribution in [0, 0.1) is 0 Å². The standard InChI is InChI=1S/C8H15N5O/c1-5(2)14-8-12-6(9-3)11-7(10-4)13-8/h5H,1-4H3,(H2,9,10,11,12,13). The Morgan fingerprint density at radius 1 is 1.00 bits per heavy atom. The second kappa shape index (κ2) is 4.59. The van der Waals surface area contributed by atoms with Crippen molar-refractivity contribution in [3.8, 4) is 6.01 Å². The van der Waals surface area contributed by atoms with Gasteiger partial charge in [-0.05, 0) is 13.8 Å². The highest BCUT2D eigenvalue weighted by Gasteiger charge is 2.06. The van der Waals surface area contributed by atoms with Gasteiger partial charge >= 0.3 is 6.01 Å². The summed E-state index contributed by atoms with van der Waals surface area (Å²) in [5.74, 6) is 0.972. The van der Waals surface area contributed by atoms with Gasteiger partial charge in [-0.1, -0.05) is 0 Å². The molecule has 1 aromatic heterocycles. The van der Waals surface area contributed by atoms with Crippen LogP contribution in [0.3, 0.4) is 0 Å². The topological polar surface area (TPSA) is 72.0 Å². The molecule has 0 saturated heterocycles. The lowest BCUT2D eigenvalue weighted by atomic mass is 10.5. The van der Waals surface area contributed by atoms with E-state index < -0.39 is 0 Å². The summed E-state index contributed by atoms with van der Waals surface area (Å²) >= 11 is 0. The van der Waals surface area contributed by atoms with Gasteiger partial charge in [-0.3, -0.25) is 0 Å². The Bertz CT molecular complexity index is 280. The first-order valence-electron chi connectivity index (χ1n) is 4.44. The van der Waals surface area contributed by atoms with E-state index in [-0.39, 0.29) is 6.10 Å². The Labute approximate surface area is 83.1 Å². The third-order valence-corrected chi connectivity index (χ3v) is 1.40. The van der Waals surface area contributed by atoms with Crippen LogP contribution < -0.4 is 15.4 Å². The zero-order valence-corrected chi connectivity index (χ0v) is 8.83. The molecular weight excluding hydrogens is 182 g/mol. The van der Waals surface area contributed by atoms with Crippen LogP contribution in [0.2, 0.25) is 0 Å². The van der Waals surface area contributed by atoms with Crippen LogP contribution in [0.15, 0.2) is 0 Å². The minimum atomic E-state index is 0.0480. The van der Waals surface area contributed by atoms with Gasteiger partial charge < -0.3 is 15.4 Å². The van der Waals surface area contributed by atoms with Crippen LogP contribution in [0.1, 0.15) is 13.8 Å². The van der Waals surface area contributed by atoms with Gasteiger partial charge in [0.05, 0.1) is 6.10 Å². The second-order valence-corrected chi connectivity index (χ2v) is 2.93. The van der Waals surface area contributed by atoms with E-state index in [9.17, 15) is 0 Å². The van der Waals surface area contributed by atoms with Gasteiger partial charge in [-0.2, -0.15) is 15.0 Å². The van der Waals surface area contributed by atoms with Gasteiger partial charge in [0, 0.05) is 14.1 Å². The molecule has 0 aliphatic heterocycles. The highest BCUT2D eigenvalue weighted by Crippen LogP contribution is 2.11. The van der Waals surface area contributed by atoms with Crippen LogP contribution in [0.5, 0.6) is 6.01 Å². The maximum atomic E-state index is 5.36. The summed E-state index contributed by atoms with van der Waals surface area (Å²) in [4.78, 5) is 12.1. The molecular formula is C8H15N5O. The molecule has 6 nitrogen and oxygen atoms in total. The van der Waals surface area contributed by atoms with Gasteiger partial charge in [0.15, 0.2) is 0 Å².